The van der Waals surface area contributed by atoms with E-state index >= 15 is 0 Å². The minimum Gasteiger partial charge on any atom is -0.389 e. The van der Waals surface area contributed by atoms with Gasteiger partial charge in [0.25, 0.3) is 0 Å². The van der Waals surface area contributed by atoms with Crippen molar-refractivity contribution in [2.45, 2.75) is 70.4 Å². The first-order valence-electron chi connectivity index (χ1n) is 8.61. The number of aryl methyl sites for hydroxylation is 1. The van der Waals surface area contributed by atoms with Crippen LogP contribution in [0.15, 0.2) is 30.3 Å². The quantitative estimate of drug-likeness (QED) is 0.797. The zero-order valence-electron chi connectivity index (χ0n) is 13.6. The summed E-state index contributed by atoms with van der Waals surface area (Å²) in [5.74, 6) is 0.834. The lowest BCUT2D eigenvalue weighted by molar-refractivity contribution is -0.0104. The zero-order chi connectivity index (χ0) is 15.1. The van der Waals surface area contributed by atoms with E-state index < -0.39 is 5.60 Å². The van der Waals surface area contributed by atoms with Gasteiger partial charge in [0, 0.05) is 12.6 Å². The van der Waals surface area contributed by atoms with Crippen LogP contribution in [0.4, 0.5) is 0 Å². The molecular weight excluding hydrogens is 258 g/mol. The van der Waals surface area contributed by atoms with Crippen molar-refractivity contribution in [2.75, 3.05) is 6.54 Å². The average molecular weight is 289 g/mol. The summed E-state index contributed by atoms with van der Waals surface area (Å²) in [4.78, 5) is 0. The van der Waals surface area contributed by atoms with Gasteiger partial charge in [-0.25, -0.2) is 0 Å². The molecule has 2 nitrogen and oxygen atoms in total. The Kier molecular flexibility index (Phi) is 6.25. The third-order valence-electron chi connectivity index (χ3n) is 5.10. The molecule has 2 rings (SSSR count). The van der Waals surface area contributed by atoms with Crippen molar-refractivity contribution in [1.82, 2.24) is 5.32 Å². The van der Waals surface area contributed by atoms with Gasteiger partial charge >= 0.3 is 0 Å². The number of rotatable bonds is 7. The predicted molar refractivity (Wildman–Crippen MR) is 89.4 cm³/mol. The highest BCUT2D eigenvalue weighted by Gasteiger charge is 2.32. The first kappa shape index (κ1) is 16.5. The molecule has 0 heterocycles. The molecule has 2 heteroatoms. The van der Waals surface area contributed by atoms with Crippen LogP contribution in [0.1, 0.15) is 57.9 Å². The van der Waals surface area contributed by atoms with Crippen LogP contribution in [-0.4, -0.2) is 23.3 Å². The summed E-state index contributed by atoms with van der Waals surface area (Å²) in [6.07, 6.45) is 7.79. The van der Waals surface area contributed by atoms with Crippen molar-refractivity contribution in [3.05, 3.63) is 35.9 Å². The van der Waals surface area contributed by atoms with Gasteiger partial charge in [0.15, 0.2) is 0 Å². The molecule has 1 aromatic carbocycles. The van der Waals surface area contributed by atoms with Crippen molar-refractivity contribution < 1.29 is 5.11 Å². The second-order valence-electron chi connectivity index (χ2n) is 6.88. The molecule has 1 unspecified atom stereocenters. The van der Waals surface area contributed by atoms with Crippen molar-refractivity contribution in [3.8, 4) is 0 Å². The summed E-state index contributed by atoms with van der Waals surface area (Å²) in [6.45, 7) is 5.24. The Morgan fingerprint density at radius 3 is 2.52 bits per heavy atom. The summed E-state index contributed by atoms with van der Waals surface area (Å²) in [6, 6.07) is 11.1. The van der Waals surface area contributed by atoms with Crippen LogP contribution < -0.4 is 5.32 Å². The van der Waals surface area contributed by atoms with E-state index in [0.717, 1.165) is 38.1 Å². The molecule has 2 N–H and O–H groups in total. The first-order valence-corrected chi connectivity index (χ1v) is 8.61. The Morgan fingerprint density at radius 1 is 1.24 bits per heavy atom. The molecule has 1 fully saturated rings. The van der Waals surface area contributed by atoms with E-state index in [1.165, 1.54) is 24.8 Å². The number of hydrogen-bond donors (Lipinski definition) is 2. The lowest BCUT2D eigenvalue weighted by Crippen LogP contribution is -2.46. The minimum absolute atomic E-state index is 0.457. The SMILES string of the molecule is CCC1CCC(O)(CNC(C)CCc2ccccc2)CC1. The Hall–Kier alpha value is -0.860. The second-order valence-corrected chi connectivity index (χ2v) is 6.88. The molecule has 0 spiro atoms. The van der Waals surface area contributed by atoms with E-state index in [0.29, 0.717) is 6.04 Å². The second kappa shape index (κ2) is 7.95. The van der Waals surface area contributed by atoms with Gasteiger partial charge in [0.1, 0.15) is 0 Å². The van der Waals surface area contributed by atoms with Gasteiger partial charge in [-0.05, 0) is 56.9 Å². The van der Waals surface area contributed by atoms with Gasteiger partial charge in [-0.3, -0.25) is 0 Å². The maximum atomic E-state index is 10.7. The third-order valence-corrected chi connectivity index (χ3v) is 5.10. The Balaban J connectivity index is 1.68. The molecule has 1 aromatic rings. The van der Waals surface area contributed by atoms with Crippen LogP contribution in [0.3, 0.4) is 0 Å². The normalized spacial score (nSPS) is 27.5. The van der Waals surface area contributed by atoms with Gasteiger partial charge < -0.3 is 10.4 Å². The summed E-state index contributed by atoms with van der Waals surface area (Å²) in [7, 11) is 0. The number of benzene rings is 1. The molecule has 0 amide bonds. The standard InChI is InChI=1S/C19H31NO/c1-3-17-11-13-19(21,14-12-17)15-20-16(2)9-10-18-7-5-4-6-8-18/h4-8,16-17,20-21H,3,9-15H2,1-2H3. The van der Waals surface area contributed by atoms with Crippen LogP contribution >= 0.6 is 0 Å². The number of aliphatic hydroxyl groups is 1. The van der Waals surface area contributed by atoms with E-state index in [1.54, 1.807) is 0 Å². The largest absolute Gasteiger partial charge is 0.389 e. The summed E-state index contributed by atoms with van der Waals surface area (Å²) < 4.78 is 0. The third kappa shape index (κ3) is 5.44. The average Bonchev–Trinajstić information content (AvgIpc) is 2.53. The fraction of sp³-hybridized carbons (Fsp3) is 0.684. The molecule has 0 aromatic heterocycles. The van der Waals surface area contributed by atoms with Crippen molar-refractivity contribution in [1.29, 1.82) is 0 Å². The van der Waals surface area contributed by atoms with Gasteiger partial charge in [-0.1, -0.05) is 43.7 Å². The number of nitrogens with one attached hydrogen (secondary N) is 1. The Morgan fingerprint density at radius 2 is 1.90 bits per heavy atom. The van der Waals surface area contributed by atoms with Crippen LogP contribution in [0.25, 0.3) is 0 Å². The van der Waals surface area contributed by atoms with E-state index in [4.69, 9.17) is 0 Å². The highest BCUT2D eigenvalue weighted by molar-refractivity contribution is 5.14. The smallest absolute Gasteiger partial charge is 0.0771 e. The van der Waals surface area contributed by atoms with E-state index in [-0.39, 0.29) is 0 Å². The van der Waals surface area contributed by atoms with E-state index in [1.807, 2.05) is 0 Å². The molecule has 0 saturated heterocycles. The minimum atomic E-state index is -0.466. The van der Waals surface area contributed by atoms with Crippen LogP contribution in [-0.2, 0) is 6.42 Å². The molecule has 0 radical (unpaired) electrons. The van der Waals surface area contributed by atoms with Crippen LogP contribution in [0, 0.1) is 5.92 Å². The van der Waals surface area contributed by atoms with Crippen LogP contribution in [0.5, 0.6) is 0 Å². The van der Waals surface area contributed by atoms with Gasteiger partial charge in [0.2, 0.25) is 0 Å². The lowest BCUT2D eigenvalue weighted by Gasteiger charge is -2.36. The van der Waals surface area contributed by atoms with E-state index in [9.17, 15) is 5.11 Å². The summed E-state index contributed by atoms with van der Waals surface area (Å²) in [5.41, 5.74) is 0.931. The fourth-order valence-corrected chi connectivity index (χ4v) is 3.29. The highest BCUT2D eigenvalue weighted by atomic mass is 16.3. The number of hydrogen-bond acceptors (Lipinski definition) is 2. The van der Waals surface area contributed by atoms with Gasteiger partial charge in [-0.15, -0.1) is 0 Å². The molecule has 21 heavy (non-hydrogen) atoms. The maximum Gasteiger partial charge on any atom is 0.0771 e. The van der Waals surface area contributed by atoms with Crippen molar-refractivity contribution in [2.24, 2.45) is 5.92 Å². The Bertz CT molecular complexity index is 395. The summed E-state index contributed by atoms with van der Waals surface area (Å²) >= 11 is 0. The Labute approximate surface area is 130 Å². The maximum absolute atomic E-state index is 10.7. The molecule has 0 bridgehead atoms. The van der Waals surface area contributed by atoms with Crippen molar-refractivity contribution in [3.63, 3.8) is 0 Å². The molecular formula is C19H31NO. The first-order chi connectivity index (χ1) is 10.1. The van der Waals surface area contributed by atoms with Crippen molar-refractivity contribution >= 4 is 0 Å². The molecule has 1 saturated carbocycles. The molecule has 0 aliphatic heterocycles. The monoisotopic (exact) mass is 289 g/mol. The lowest BCUT2D eigenvalue weighted by atomic mass is 9.78. The van der Waals surface area contributed by atoms with Crippen LogP contribution in [0.2, 0.25) is 0 Å². The molecule has 1 aliphatic carbocycles. The topological polar surface area (TPSA) is 32.3 Å². The highest BCUT2D eigenvalue weighted by Crippen LogP contribution is 2.33. The fourth-order valence-electron chi connectivity index (χ4n) is 3.29. The predicted octanol–water partition coefficient (Wildman–Crippen LogP) is 3.93. The molecule has 1 aliphatic rings. The molecule has 1 atom stereocenters. The molecule has 118 valence electrons. The van der Waals surface area contributed by atoms with Gasteiger partial charge in [-0.2, -0.15) is 0 Å². The van der Waals surface area contributed by atoms with E-state index in [2.05, 4.69) is 49.5 Å². The zero-order valence-corrected chi connectivity index (χ0v) is 13.6. The summed E-state index contributed by atoms with van der Waals surface area (Å²) in [5, 5.41) is 14.2. The van der Waals surface area contributed by atoms with Gasteiger partial charge in [0.05, 0.1) is 5.60 Å².